The quantitative estimate of drug-likeness (QED) is 0.647. The van der Waals surface area contributed by atoms with Gasteiger partial charge in [-0.3, -0.25) is 4.79 Å². The minimum atomic E-state index is -0.579. The van der Waals surface area contributed by atoms with E-state index in [1.165, 1.54) is 12.7 Å². The van der Waals surface area contributed by atoms with Crippen molar-refractivity contribution >= 4 is 17.5 Å². The van der Waals surface area contributed by atoms with E-state index in [9.17, 15) is 4.79 Å². The number of primary amides is 1. The Hall–Kier alpha value is -2.44. The van der Waals surface area contributed by atoms with Crippen LogP contribution in [0.25, 0.3) is 0 Å². The number of halogens is 1. The number of nitrogens with two attached hydrogens (primary N) is 1. The summed E-state index contributed by atoms with van der Waals surface area (Å²) < 4.78 is 15.9. The van der Waals surface area contributed by atoms with E-state index in [4.69, 9.17) is 31.5 Å². The van der Waals surface area contributed by atoms with Crippen LogP contribution >= 0.6 is 11.6 Å². The number of carbonyl (C=O) groups is 1. The summed E-state index contributed by atoms with van der Waals surface area (Å²) in [5.74, 6) is 1.02. The van der Waals surface area contributed by atoms with Crippen molar-refractivity contribution in [3.05, 3.63) is 52.5 Å². The third-order valence-corrected chi connectivity index (χ3v) is 4.41. The Bertz CT molecular complexity index is 765. The molecule has 0 saturated carbocycles. The van der Waals surface area contributed by atoms with Crippen LogP contribution in [0.3, 0.4) is 0 Å². The first-order valence-electron chi connectivity index (χ1n) is 8.63. The van der Waals surface area contributed by atoms with Gasteiger partial charge in [0.1, 0.15) is 5.75 Å². The van der Waals surface area contributed by atoms with E-state index < -0.39 is 5.91 Å². The Morgan fingerprint density at radius 1 is 1.19 bits per heavy atom. The summed E-state index contributed by atoms with van der Waals surface area (Å²) in [4.78, 5) is 10.9. The van der Waals surface area contributed by atoms with Crippen molar-refractivity contribution in [2.24, 2.45) is 5.73 Å². The lowest BCUT2D eigenvalue weighted by Crippen LogP contribution is -2.21. The highest BCUT2D eigenvalue weighted by Gasteiger charge is 2.15. The monoisotopic (exact) mass is 392 g/mol. The van der Waals surface area contributed by atoms with Crippen LogP contribution < -0.4 is 25.3 Å². The number of ether oxygens (including phenoxy) is 3. The van der Waals surface area contributed by atoms with Crippen LogP contribution in [0.1, 0.15) is 30.5 Å². The van der Waals surface area contributed by atoms with E-state index in [1.54, 1.807) is 13.2 Å². The summed E-state index contributed by atoms with van der Waals surface area (Å²) >= 11 is 6.30. The Kier molecular flexibility index (Phi) is 7.76. The highest BCUT2D eigenvalue weighted by Crippen LogP contribution is 2.36. The minimum absolute atomic E-state index is 0.187. The molecule has 7 heteroatoms. The molecule has 0 aliphatic heterocycles. The lowest BCUT2D eigenvalue weighted by Gasteiger charge is -2.19. The van der Waals surface area contributed by atoms with E-state index >= 15 is 0 Å². The van der Waals surface area contributed by atoms with Crippen LogP contribution in [0.2, 0.25) is 5.02 Å². The highest BCUT2D eigenvalue weighted by molar-refractivity contribution is 6.32. The smallest absolute Gasteiger partial charge is 0.255 e. The van der Waals surface area contributed by atoms with Crippen molar-refractivity contribution < 1.29 is 19.0 Å². The Morgan fingerprint density at radius 3 is 2.44 bits per heavy atom. The molecule has 0 fully saturated rings. The third-order valence-electron chi connectivity index (χ3n) is 4.13. The zero-order valence-electron chi connectivity index (χ0n) is 15.8. The predicted molar refractivity (Wildman–Crippen MR) is 106 cm³/mol. The van der Waals surface area contributed by atoms with Crippen molar-refractivity contribution in [1.29, 1.82) is 0 Å². The summed E-state index contributed by atoms with van der Waals surface area (Å²) in [7, 11) is 3.17. The topological polar surface area (TPSA) is 82.8 Å². The summed E-state index contributed by atoms with van der Waals surface area (Å²) in [6.45, 7) is 2.45. The van der Waals surface area contributed by atoms with Crippen LogP contribution in [0.15, 0.2) is 36.4 Å². The fraction of sp³-hybridized carbons (Fsp3) is 0.350. The first-order valence-corrected chi connectivity index (χ1v) is 9.01. The van der Waals surface area contributed by atoms with Crippen molar-refractivity contribution in [3.63, 3.8) is 0 Å². The van der Waals surface area contributed by atoms with Crippen LogP contribution in [-0.4, -0.2) is 26.7 Å². The first kappa shape index (κ1) is 20.9. The van der Waals surface area contributed by atoms with Gasteiger partial charge in [0, 0.05) is 12.6 Å². The van der Waals surface area contributed by atoms with Crippen molar-refractivity contribution in [2.75, 3.05) is 20.8 Å². The molecule has 0 bridgehead atoms. The van der Waals surface area contributed by atoms with Gasteiger partial charge in [0.15, 0.2) is 18.1 Å². The van der Waals surface area contributed by atoms with Gasteiger partial charge in [-0.25, -0.2) is 0 Å². The molecule has 2 rings (SSSR count). The van der Waals surface area contributed by atoms with Crippen molar-refractivity contribution in [3.8, 4) is 17.2 Å². The lowest BCUT2D eigenvalue weighted by molar-refractivity contribution is -0.119. The molecule has 146 valence electrons. The lowest BCUT2D eigenvalue weighted by atomic mass is 10.0. The molecule has 0 heterocycles. The number of hydrogen-bond acceptors (Lipinski definition) is 5. The Morgan fingerprint density at radius 2 is 1.89 bits per heavy atom. The predicted octanol–water partition coefficient (Wildman–Crippen LogP) is 3.46. The van der Waals surface area contributed by atoms with E-state index in [2.05, 4.69) is 12.2 Å². The van der Waals surface area contributed by atoms with Gasteiger partial charge in [0.2, 0.25) is 0 Å². The normalized spacial score (nSPS) is 11.7. The maximum atomic E-state index is 10.9. The molecule has 1 amide bonds. The molecule has 0 radical (unpaired) electrons. The van der Waals surface area contributed by atoms with Crippen LogP contribution in [-0.2, 0) is 11.3 Å². The van der Waals surface area contributed by atoms with Crippen LogP contribution in [0.5, 0.6) is 17.2 Å². The van der Waals surface area contributed by atoms with E-state index in [-0.39, 0.29) is 12.6 Å². The number of methoxy groups -OCH3 is 2. The summed E-state index contributed by atoms with van der Waals surface area (Å²) in [6.07, 6.45) is 0.928. The number of nitrogens with one attached hydrogen (secondary N) is 1. The second kappa shape index (κ2) is 10.0. The fourth-order valence-electron chi connectivity index (χ4n) is 2.73. The molecule has 27 heavy (non-hydrogen) atoms. The molecule has 3 N–H and O–H groups in total. The van der Waals surface area contributed by atoms with Gasteiger partial charge in [-0.1, -0.05) is 30.7 Å². The zero-order chi connectivity index (χ0) is 19.8. The maximum Gasteiger partial charge on any atom is 0.255 e. The van der Waals surface area contributed by atoms with E-state index in [0.717, 1.165) is 17.7 Å². The second-order valence-electron chi connectivity index (χ2n) is 5.98. The molecule has 2 aromatic rings. The van der Waals surface area contributed by atoms with E-state index in [1.807, 2.05) is 30.3 Å². The molecule has 6 nitrogen and oxygen atoms in total. The van der Waals surface area contributed by atoms with E-state index in [0.29, 0.717) is 23.1 Å². The number of hydrogen-bond donors (Lipinski definition) is 2. The third kappa shape index (κ3) is 5.77. The Balaban J connectivity index is 2.11. The first-order chi connectivity index (χ1) is 13.0. The SMILES string of the molecule is CCC(NCc1cc(Cl)c(OCC(N)=O)c(OC)c1)c1ccc(OC)cc1. The van der Waals surface area contributed by atoms with Gasteiger partial charge in [-0.2, -0.15) is 0 Å². The second-order valence-corrected chi connectivity index (χ2v) is 6.39. The van der Waals surface area contributed by atoms with Crippen LogP contribution in [0, 0.1) is 0 Å². The summed E-state index contributed by atoms with van der Waals surface area (Å²) in [6, 6.07) is 11.8. The van der Waals surface area contributed by atoms with Crippen molar-refractivity contribution in [2.45, 2.75) is 25.9 Å². The Labute approximate surface area is 164 Å². The summed E-state index contributed by atoms with van der Waals surface area (Å²) in [5.41, 5.74) is 7.23. The highest BCUT2D eigenvalue weighted by atomic mass is 35.5. The molecule has 0 aliphatic rings. The number of amides is 1. The zero-order valence-corrected chi connectivity index (χ0v) is 16.5. The molecule has 2 aromatic carbocycles. The summed E-state index contributed by atoms with van der Waals surface area (Å²) in [5, 5.41) is 3.88. The molecule has 0 aromatic heterocycles. The molecule has 1 unspecified atom stereocenters. The van der Waals surface area contributed by atoms with Gasteiger partial charge < -0.3 is 25.3 Å². The molecule has 0 aliphatic carbocycles. The molecule has 0 spiro atoms. The van der Waals surface area contributed by atoms with Gasteiger partial charge in [0.25, 0.3) is 5.91 Å². The average molecular weight is 393 g/mol. The minimum Gasteiger partial charge on any atom is -0.497 e. The standard InChI is InChI=1S/C20H25ClN2O4/c1-4-17(14-5-7-15(25-2)8-6-14)23-11-13-9-16(21)20(18(10-13)26-3)27-12-19(22)24/h5-10,17,23H,4,11-12H2,1-3H3,(H2,22,24). The molecule has 0 saturated heterocycles. The number of carbonyl (C=O) groups excluding carboxylic acids is 1. The number of rotatable bonds is 10. The van der Waals surface area contributed by atoms with Crippen molar-refractivity contribution in [1.82, 2.24) is 5.32 Å². The van der Waals surface area contributed by atoms with Gasteiger partial charge in [-0.15, -0.1) is 0 Å². The van der Waals surface area contributed by atoms with Crippen LogP contribution in [0.4, 0.5) is 0 Å². The molecular formula is C20H25ClN2O4. The maximum absolute atomic E-state index is 10.9. The fourth-order valence-corrected chi connectivity index (χ4v) is 3.02. The molecular weight excluding hydrogens is 368 g/mol. The average Bonchev–Trinajstić information content (AvgIpc) is 2.67. The van der Waals surface area contributed by atoms with Gasteiger partial charge in [-0.05, 0) is 41.8 Å². The number of benzene rings is 2. The molecule has 1 atom stereocenters. The largest absolute Gasteiger partial charge is 0.497 e. The van der Waals surface area contributed by atoms with Gasteiger partial charge >= 0.3 is 0 Å². The van der Waals surface area contributed by atoms with Gasteiger partial charge in [0.05, 0.1) is 19.2 Å².